The Morgan fingerprint density at radius 3 is 2.78 bits per heavy atom. The van der Waals surface area contributed by atoms with Crippen LogP contribution in [0.1, 0.15) is 17.2 Å². The number of hydrogen-bond donors (Lipinski definition) is 1. The minimum Gasteiger partial charge on any atom is -0.497 e. The summed E-state index contributed by atoms with van der Waals surface area (Å²) in [4.78, 5) is 0. The number of nitrogens with one attached hydrogen (secondary N) is 1. The highest BCUT2D eigenvalue weighted by Crippen LogP contribution is 2.38. The lowest BCUT2D eigenvalue weighted by molar-refractivity contribution is 0.393. The van der Waals surface area contributed by atoms with Gasteiger partial charge in [0.1, 0.15) is 23.4 Å². The van der Waals surface area contributed by atoms with E-state index in [2.05, 4.69) is 20.8 Å². The summed E-state index contributed by atoms with van der Waals surface area (Å²) in [6.45, 7) is 0. The van der Waals surface area contributed by atoms with Crippen molar-refractivity contribution in [2.75, 3.05) is 19.5 Å². The number of benzene rings is 2. The van der Waals surface area contributed by atoms with E-state index in [0.717, 1.165) is 5.56 Å². The van der Waals surface area contributed by atoms with Crippen molar-refractivity contribution in [3.8, 4) is 11.5 Å². The number of fused-ring (bicyclic) bond motifs is 1. The van der Waals surface area contributed by atoms with Crippen LogP contribution < -0.4 is 14.8 Å². The first kappa shape index (κ1) is 17.3. The Morgan fingerprint density at radius 2 is 2.04 bits per heavy atom. The highest BCUT2D eigenvalue weighted by molar-refractivity contribution is 6.31. The maximum atomic E-state index is 14.6. The molecule has 0 saturated carbocycles. The first-order valence-electron chi connectivity index (χ1n) is 8.05. The Labute approximate surface area is 159 Å². The predicted molar refractivity (Wildman–Crippen MR) is 98.5 cm³/mol. The molecule has 2 aromatic carbocycles. The second kappa shape index (κ2) is 6.88. The minimum atomic E-state index is -0.619. The average molecular weight is 388 g/mol. The van der Waals surface area contributed by atoms with Gasteiger partial charge in [0.05, 0.1) is 19.9 Å². The molecule has 138 valence electrons. The van der Waals surface area contributed by atoms with Crippen molar-refractivity contribution < 1.29 is 13.9 Å². The summed E-state index contributed by atoms with van der Waals surface area (Å²) >= 11 is 6.28. The predicted octanol–water partition coefficient (Wildman–Crippen LogP) is 3.54. The van der Waals surface area contributed by atoms with E-state index in [1.54, 1.807) is 38.5 Å². The number of ether oxygens (including phenoxy) is 2. The first-order chi connectivity index (χ1) is 13.1. The Hall–Kier alpha value is -3.13. The molecule has 0 saturated heterocycles. The number of rotatable bonds is 4. The van der Waals surface area contributed by atoms with Gasteiger partial charge in [-0.15, -0.1) is 0 Å². The van der Waals surface area contributed by atoms with Crippen LogP contribution in [-0.4, -0.2) is 34.4 Å². The lowest BCUT2D eigenvalue weighted by atomic mass is 10.0. The third-order valence-corrected chi connectivity index (χ3v) is 4.65. The van der Waals surface area contributed by atoms with Crippen LogP contribution in [0.5, 0.6) is 11.5 Å². The summed E-state index contributed by atoms with van der Waals surface area (Å²) < 4.78 is 26.7. The molecular formula is C18H15ClFN5O2. The van der Waals surface area contributed by atoms with Gasteiger partial charge in [-0.3, -0.25) is 0 Å². The minimum absolute atomic E-state index is 0.291. The third-order valence-electron chi connectivity index (χ3n) is 4.32. The van der Waals surface area contributed by atoms with Crippen LogP contribution in [0.3, 0.4) is 0 Å². The highest BCUT2D eigenvalue weighted by Gasteiger charge is 2.29. The zero-order valence-corrected chi connectivity index (χ0v) is 15.2. The fourth-order valence-corrected chi connectivity index (χ4v) is 3.31. The molecule has 0 spiro atoms. The lowest BCUT2D eigenvalue weighted by Gasteiger charge is -2.25. The summed E-state index contributed by atoms with van der Waals surface area (Å²) in [5.41, 5.74) is 1.71. The van der Waals surface area contributed by atoms with E-state index in [1.807, 2.05) is 12.1 Å². The monoisotopic (exact) mass is 387 g/mol. The second-order valence-corrected chi connectivity index (χ2v) is 6.21. The summed E-state index contributed by atoms with van der Waals surface area (Å²) in [6, 6.07) is 9.34. The molecule has 0 amide bonds. The molecule has 1 atom stereocenters. The SMILES string of the molecule is COc1ccc(C2=C[C@H](c3c(F)cccc3Cl)n3nnnc3N2)c(OC)c1. The van der Waals surface area contributed by atoms with Crippen LogP contribution in [0, 0.1) is 5.82 Å². The first-order valence-corrected chi connectivity index (χ1v) is 8.43. The Morgan fingerprint density at radius 1 is 1.19 bits per heavy atom. The molecule has 1 aliphatic rings. The number of methoxy groups -OCH3 is 2. The van der Waals surface area contributed by atoms with Crippen molar-refractivity contribution in [2.45, 2.75) is 6.04 Å². The number of halogens is 2. The Bertz CT molecular complexity index is 1020. The highest BCUT2D eigenvalue weighted by atomic mass is 35.5. The number of anilines is 1. The molecule has 0 unspecified atom stereocenters. The van der Waals surface area contributed by atoms with Gasteiger partial charge in [0.25, 0.3) is 0 Å². The molecule has 7 nitrogen and oxygen atoms in total. The van der Waals surface area contributed by atoms with Gasteiger partial charge in [-0.2, -0.15) is 4.68 Å². The van der Waals surface area contributed by atoms with Crippen LogP contribution in [-0.2, 0) is 0 Å². The molecular weight excluding hydrogens is 373 g/mol. The summed E-state index contributed by atoms with van der Waals surface area (Å²) in [6.07, 6.45) is 1.80. The van der Waals surface area contributed by atoms with Gasteiger partial charge >= 0.3 is 0 Å². The van der Waals surface area contributed by atoms with Gasteiger partial charge in [-0.25, -0.2) is 4.39 Å². The van der Waals surface area contributed by atoms with E-state index in [0.29, 0.717) is 33.7 Å². The number of allylic oxidation sites excluding steroid dienone is 1. The molecule has 1 N–H and O–H groups in total. The summed E-state index contributed by atoms with van der Waals surface area (Å²) in [5.74, 6) is 1.18. The molecule has 4 rings (SSSR count). The van der Waals surface area contributed by atoms with Gasteiger partial charge in [0.2, 0.25) is 5.95 Å². The van der Waals surface area contributed by atoms with Crippen molar-refractivity contribution in [2.24, 2.45) is 0 Å². The Balaban J connectivity index is 1.87. The van der Waals surface area contributed by atoms with E-state index in [-0.39, 0.29) is 0 Å². The zero-order chi connectivity index (χ0) is 19.0. The topological polar surface area (TPSA) is 74.1 Å². The fraction of sp³-hybridized carbons (Fsp3) is 0.167. The van der Waals surface area contributed by atoms with Gasteiger partial charge in [-0.1, -0.05) is 22.8 Å². The molecule has 27 heavy (non-hydrogen) atoms. The quantitative estimate of drug-likeness (QED) is 0.738. The van der Waals surface area contributed by atoms with Crippen molar-refractivity contribution >= 4 is 23.2 Å². The van der Waals surface area contributed by atoms with E-state index in [9.17, 15) is 4.39 Å². The van der Waals surface area contributed by atoms with Crippen molar-refractivity contribution in [1.82, 2.24) is 20.2 Å². The maximum absolute atomic E-state index is 14.6. The number of hydrogen-bond acceptors (Lipinski definition) is 6. The molecule has 0 radical (unpaired) electrons. The van der Waals surface area contributed by atoms with Crippen molar-refractivity contribution in [3.05, 3.63) is 64.4 Å². The third kappa shape index (κ3) is 2.97. The van der Waals surface area contributed by atoms with Gasteiger partial charge in [0, 0.05) is 22.2 Å². The van der Waals surface area contributed by atoms with E-state index >= 15 is 0 Å². The molecule has 0 bridgehead atoms. The summed E-state index contributed by atoms with van der Waals surface area (Å²) in [7, 11) is 3.15. The van der Waals surface area contributed by atoms with Crippen molar-refractivity contribution in [3.63, 3.8) is 0 Å². The van der Waals surface area contributed by atoms with Crippen LogP contribution in [0.25, 0.3) is 5.70 Å². The summed E-state index contributed by atoms with van der Waals surface area (Å²) in [5, 5.41) is 15.1. The average Bonchev–Trinajstić information content (AvgIpc) is 3.16. The lowest BCUT2D eigenvalue weighted by Crippen LogP contribution is -2.21. The van der Waals surface area contributed by atoms with Crippen LogP contribution >= 0.6 is 11.6 Å². The number of aromatic nitrogens is 4. The molecule has 0 aliphatic carbocycles. The molecule has 9 heteroatoms. The van der Waals surface area contributed by atoms with Crippen LogP contribution in [0.4, 0.5) is 10.3 Å². The molecule has 1 aliphatic heterocycles. The fourth-order valence-electron chi connectivity index (χ4n) is 3.03. The zero-order valence-electron chi connectivity index (χ0n) is 14.5. The standard InChI is InChI=1S/C18H15ClFN5O2/c1-26-10-6-7-11(16(8-10)27-2)14-9-15(25-18(21-14)22-23-24-25)17-12(19)4-3-5-13(17)20/h3-9,15H,1-2H3,(H,21,22,24)/t15-/m1/s1. The molecule has 1 aromatic heterocycles. The van der Waals surface area contributed by atoms with Crippen LogP contribution in [0.15, 0.2) is 42.5 Å². The smallest absolute Gasteiger partial charge is 0.248 e. The largest absolute Gasteiger partial charge is 0.497 e. The molecule has 0 fully saturated rings. The molecule has 3 aromatic rings. The van der Waals surface area contributed by atoms with E-state index < -0.39 is 11.9 Å². The Kier molecular flexibility index (Phi) is 4.41. The van der Waals surface area contributed by atoms with Crippen LogP contribution in [0.2, 0.25) is 5.02 Å². The maximum Gasteiger partial charge on any atom is 0.248 e. The van der Waals surface area contributed by atoms with E-state index in [4.69, 9.17) is 21.1 Å². The van der Waals surface area contributed by atoms with Gasteiger partial charge in [0.15, 0.2) is 0 Å². The van der Waals surface area contributed by atoms with Crippen molar-refractivity contribution in [1.29, 1.82) is 0 Å². The van der Waals surface area contributed by atoms with E-state index in [1.165, 1.54) is 10.7 Å². The van der Waals surface area contributed by atoms with Gasteiger partial charge < -0.3 is 14.8 Å². The normalized spacial score (nSPS) is 15.6. The van der Waals surface area contributed by atoms with Gasteiger partial charge in [-0.05, 0) is 40.8 Å². The second-order valence-electron chi connectivity index (χ2n) is 5.80. The number of nitrogens with zero attached hydrogens (tertiary/aromatic N) is 4. The molecule has 2 heterocycles. The number of tetrazole rings is 1.